The lowest BCUT2D eigenvalue weighted by Gasteiger charge is -2.26. The van der Waals surface area contributed by atoms with Gasteiger partial charge in [-0.1, -0.05) is 46.3 Å². The molecule has 3 rings (SSSR count). The van der Waals surface area contributed by atoms with Gasteiger partial charge in [0, 0.05) is 28.8 Å². The van der Waals surface area contributed by atoms with Crippen LogP contribution in [0.4, 0.5) is 5.69 Å². The molecule has 0 radical (unpaired) electrons. The van der Waals surface area contributed by atoms with Crippen molar-refractivity contribution in [2.24, 2.45) is 5.73 Å². The Kier molecular flexibility index (Phi) is 4.32. The van der Waals surface area contributed by atoms with Gasteiger partial charge in [0.2, 0.25) is 0 Å². The highest BCUT2D eigenvalue weighted by Crippen LogP contribution is 2.32. The lowest BCUT2D eigenvalue weighted by molar-refractivity contribution is 0.592. The Balaban J connectivity index is 1.68. The first-order valence-corrected chi connectivity index (χ1v) is 8.30. The molecule has 3 heteroatoms. The van der Waals surface area contributed by atoms with Crippen LogP contribution in [0.5, 0.6) is 0 Å². The number of para-hydroxylation sites is 1. The predicted octanol–water partition coefficient (Wildman–Crippen LogP) is 4.29. The van der Waals surface area contributed by atoms with Crippen LogP contribution in [0.2, 0.25) is 0 Å². The summed E-state index contributed by atoms with van der Waals surface area (Å²) in [6.07, 6.45) is 2.11. The molecule has 0 aromatic heterocycles. The number of fused-ring (bicyclic) bond motifs is 1. The van der Waals surface area contributed by atoms with E-state index in [9.17, 15) is 0 Å². The van der Waals surface area contributed by atoms with Gasteiger partial charge in [0.1, 0.15) is 0 Å². The second-order valence-corrected chi connectivity index (χ2v) is 6.74. The van der Waals surface area contributed by atoms with Gasteiger partial charge in [-0.2, -0.15) is 0 Å². The summed E-state index contributed by atoms with van der Waals surface area (Å²) in [6.45, 7) is 3.30. The van der Waals surface area contributed by atoms with E-state index in [2.05, 4.69) is 64.2 Å². The topological polar surface area (TPSA) is 29.3 Å². The monoisotopic (exact) mass is 344 g/mol. The maximum absolute atomic E-state index is 6.36. The fourth-order valence-corrected chi connectivity index (χ4v) is 3.57. The lowest BCUT2D eigenvalue weighted by Crippen LogP contribution is -2.32. The van der Waals surface area contributed by atoms with Crippen molar-refractivity contribution < 1.29 is 0 Å². The van der Waals surface area contributed by atoms with Crippen molar-refractivity contribution in [2.45, 2.75) is 31.8 Å². The number of anilines is 1. The van der Waals surface area contributed by atoms with Gasteiger partial charge in [-0.15, -0.1) is 0 Å². The van der Waals surface area contributed by atoms with E-state index in [1.165, 1.54) is 16.8 Å². The molecule has 1 aliphatic rings. The normalized spacial score (nSPS) is 18.6. The summed E-state index contributed by atoms with van der Waals surface area (Å²) in [5, 5.41) is 0. The van der Waals surface area contributed by atoms with E-state index < -0.39 is 0 Å². The number of hydrogen-bond donors (Lipinski definition) is 1. The molecule has 1 aliphatic heterocycles. The highest BCUT2D eigenvalue weighted by Gasteiger charge is 2.25. The van der Waals surface area contributed by atoms with Crippen molar-refractivity contribution in [2.75, 3.05) is 11.4 Å². The van der Waals surface area contributed by atoms with Gasteiger partial charge in [0.25, 0.3) is 0 Å². The average Bonchev–Trinajstić information content (AvgIpc) is 2.80. The Morgan fingerprint density at radius 3 is 2.86 bits per heavy atom. The van der Waals surface area contributed by atoms with Gasteiger partial charge >= 0.3 is 0 Å². The van der Waals surface area contributed by atoms with Crippen LogP contribution < -0.4 is 10.6 Å². The summed E-state index contributed by atoms with van der Waals surface area (Å²) in [4.78, 5) is 2.49. The van der Waals surface area contributed by atoms with Crippen LogP contribution in [0.3, 0.4) is 0 Å². The van der Waals surface area contributed by atoms with Gasteiger partial charge in [0.15, 0.2) is 0 Å². The number of nitrogens with zero attached hydrogens (tertiary/aromatic N) is 1. The first-order valence-electron chi connectivity index (χ1n) is 7.51. The Morgan fingerprint density at radius 2 is 2.05 bits per heavy atom. The molecule has 0 saturated heterocycles. The second-order valence-electron chi connectivity index (χ2n) is 5.83. The van der Waals surface area contributed by atoms with Crippen LogP contribution in [0.1, 0.15) is 30.5 Å². The minimum absolute atomic E-state index is 0.0856. The van der Waals surface area contributed by atoms with Gasteiger partial charge in [-0.05, 0) is 49.1 Å². The smallest absolute Gasteiger partial charge is 0.0402 e. The predicted molar refractivity (Wildman–Crippen MR) is 92.6 cm³/mol. The molecule has 0 spiro atoms. The quantitative estimate of drug-likeness (QED) is 0.896. The van der Waals surface area contributed by atoms with Crippen LogP contribution in [-0.2, 0) is 6.42 Å². The lowest BCUT2D eigenvalue weighted by atomic mass is 10.0. The van der Waals surface area contributed by atoms with Crippen molar-refractivity contribution in [1.29, 1.82) is 0 Å². The van der Waals surface area contributed by atoms with Crippen molar-refractivity contribution in [1.82, 2.24) is 0 Å². The first-order chi connectivity index (χ1) is 10.1. The maximum Gasteiger partial charge on any atom is 0.0402 e. The van der Waals surface area contributed by atoms with Crippen molar-refractivity contribution in [3.8, 4) is 0 Å². The maximum atomic E-state index is 6.36. The Labute approximate surface area is 135 Å². The van der Waals surface area contributed by atoms with Crippen molar-refractivity contribution >= 4 is 21.6 Å². The molecule has 0 saturated carbocycles. The molecule has 2 aromatic carbocycles. The summed E-state index contributed by atoms with van der Waals surface area (Å²) >= 11 is 3.51. The van der Waals surface area contributed by atoms with Gasteiger partial charge < -0.3 is 10.6 Å². The van der Waals surface area contributed by atoms with Crippen LogP contribution >= 0.6 is 15.9 Å². The van der Waals surface area contributed by atoms with E-state index in [1.807, 2.05) is 12.1 Å². The zero-order valence-corrected chi connectivity index (χ0v) is 13.9. The summed E-state index contributed by atoms with van der Waals surface area (Å²) in [7, 11) is 0. The van der Waals surface area contributed by atoms with Crippen LogP contribution in [-0.4, -0.2) is 12.6 Å². The molecule has 2 N–H and O–H groups in total. The number of hydrogen-bond acceptors (Lipinski definition) is 2. The molecule has 2 unspecified atom stereocenters. The summed E-state index contributed by atoms with van der Waals surface area (Å²) in [6, 6.07) is 17.7. The highest BCUT2D eigenvalue weighted by molar-refractivity contribution is 9.10. The van der Waals surface area contributed by atoms with Gasteiger partial charge in [-0.25, -0.2) is 0 Å². The largest absolute Gasteiger partial charge is 0.368 e. The fraction of sp³-hybridized carbons (Fsp3) is 0.333. The SMILES string of the molecule is CC1Cc2ccccc2N1CCC(N)c1cccc(Br)c1. The molecule has 2 nitrogen and oxygen atoms in total. The zero-order valence-electron chi connectivity index (χ0n) is 12.3. The number of benzene rings is 2. The molecule has 2 aromatic rings. The average molecular weight is 345 g/mol. The highest BCUT2D eigenvalue weighted by atomic mass is 79.9. The first kappa shape index (κ1) is 14.6. The Hall–Kier alpha value is -1.32. The molecular formula is C18H21BrN2. The van der Waals surface area contributed by atoms with E-state index in [-0.39, 0.29) is 6.04 Å². The third kappa shape index (κ3) is 3.14. The minimum atomic E-state index is 0.0856. The summed E-state index contributed by atoms with van der Waals surface area (Å²) in [5.74, 6) is 0. The van der Waals surface area contributed by atoms with E-state index >= 15 is 0 Å². The third-order valence-corrected chi connectivity index (χ3v) is 4.80. The van der Waals surface area contributed by atoms with Crippen LogP contribution in [0.15, 0.2) is 53.0 Å². The molecule has 0 bridgehead atoms. The summed E-state index contributed by atoms with van der Waals surface area (Å²) < 4.78 is 1.09. The zero-order chi connectivity index (χ0) is 14.8. The van der Waals surface area contributed by atoms with E-state index in [4.69, 9.17) is 5.73 Å². The minimum Gasteiger partial charge on any atom is -0.368 e. The third-order valence-electron chi connectivity index (χ3n) is 4.31. The molecule has 0 fully saturated rings. The molecule has 0 amide bonds. The standard InChI is InChI=1S/C18H21BrN2/c1-13-11-15-5-2-3-8-18(15)21(13)10-9-17(20)14-6-4-7-16(19)12-14/h2-8,12-13,17H,9-11,20H2,1H3. The number of halogens is 1. The van der Waals surface area contributed by atoms with Gasteiger partial charge in [-0.3, -0.25) is 0 Å². The Bertz CT molecular complexity index is 626. The second kappa shape index (κ2) is 6.20. The molecule has 2 atom stereocenters. The van der Waals surface area contributed by atoms with Gasteiger partial charge in [0.05, 0.1) is 0 Å². The van der Waals surface area contributed by atoms with E-state index in [1.54, 1.807) is 0 Å². The number of nitrogens with two attached hydrogens (primary N) is 1. The van der Waals surface area contributed by atoms with Crippen LogP contribution in [0.25, 0.3) is 0 Å². The van der Waals surface area contributed by atoms with E-state index in [0.29, 0.717) is 6.04 Å². The number of rotatable bonds is 4. The van der Waals surface area contributed by atoms with E-state index in [0.717, 1.165) is 23.9 Å². The molecule has 1 heterocycles. The fourth-order valence-electron chi connectivity index (χ4n) is 3.15. The van der Waals surface area contributed by atoms with Crippen molar-refractivity contribution in [3.63, 3.8) is 0 Å². The summed E-state index contributed by atoms with van der Waals surface area (Å²) in [5.41, 5.74) is 10.4. The van der Waals surface area contributed by atoms with Crippen molar-refractivity contribution in [3.05, 3.63) is 64.1 Å². The van der Waals surface area contributed by atoms with Crippen LogP contribution in [0, 0.1) is 0 Å². The molecular weight excluding hydrogens is 324 g/mol. The molecule has 110 valence electrons. The Morgan fingerprint density at radius 1 is 1.24 bits per heavy atom. The molecule has 21 heavy (non-hydrogen) atoms. The molecule has 0 aliphatic carbocycles.